The number of carbonyl (C=O) groups is 1. The van der Waals surface area contributed by atoms with Crippen molar-refractivity contribution in [3.63, 3.8) is 0 Å². The van der Waals surface area contributed by atoms with Gasteiger partial charge < -0.3 is 14.2 Å². The highest BCUT2D eigenvalue weighted by atomic mass is 35.5. The van der Waals surface area contributed by atoms with Gasteiger partial charge in [-0.2, -0.15) is 0 Å². The highest BCUT2D eigenvalue weighted by molar-refractivity contribution is 6.33. The monoisotopic (exact) mass is 384 g/mol. The van der Waals surface area contributed by atoms with Crippen LogP contribution in [0.5, 0.6) is 5.75 Å². The molecule has 2 aromatic carbocycles. The van der Waals surface area contributed by atoms with Gasteiger partial charge in [0.1, 0.15) is 11.4 Å². The van der Waals surface area contributed by atoms with Crippen LogP contribution in [0.3, 0.4) is 0 Å². The topological polar surface area (TPSA) is 55.6 Å². The molecule has 5 nitrogen and oxygen atoms in total. The summed E-state index contributed by atoms with van der Waals surface area (Å²) in [6.45, 7) is 2.99. The molecule has 1 aromatic heterocycles. The molecule has 0 aliphatic heterocycles. The van der Waals surface area contributed by atoms with Gasteiger partial charge in [-0.25, -0.2) is 0 Å². The summed E-state index contributed by atoms with van der Waals surface area (Å²) in [6, 6.07) is 16.5. The van der Waals surface area contributed by atoms with Crippen LogP contribution < -0.4 is 4.74 Å². The maximum atomic E-state index is 12.9. The number of aromatic nitrogens is 1. The van der Waals surface area contributed by atoms with Crippen LogP contribution in [0.25, 0.3) is 11.3 Å². The number of halogens is 1. The molecular formula is C21H21ClN2O3. The first-order valence-corrected chi connectivity index (χ1v) is 9.14. The Kier molecular flexibility index (Phi) is 6.14. The van der Waals surface area contributed by atoms with E-state index in [-0.39, 0.29) is 5.91 Å². The SMILES string of the molecule is CCCN(Cc1cc(-c2ccc(OC)cc2)on1)C(=O)c1ccccc1Cl. The fraction of sp³-hybridized carbons (Fsp3) is 0.238. The molecule has 0 bridgehead atoms. The van der Waals surface area contributed by atoms with Crippen molar-refractivity contribution in [3.8, 4) is 17.1 Å². The van der Waals surface area contributed by atoms with Crippen LogP contribution in [-0.2, 0) is 6.54 Å². The minimum Gasteiger partial charge on any atom is -0.497 e. The smallest absolute Gasteiger partial charge is 0.255 e. The van der Waals surface area contributed by atoms with Crippen LogP contribution in [0.4, 0.5) is 0 Å². The molecule has 3 aromatic rings. The van der Waals surface area contributed by atoms with E-state index in [4.69, 9.17) is 20.9 Å². The summed E-state index contributed by atoms with van der Waals surface area (Å²) in [5.74, 6) is 1.31. The molecule has 1 amide bonds. The maximum Gasteiger partial charge on any atom is 0.255 e. The molecule has 27 heavy (non-hydrogen) atoms. The summed E-state index contributed by atoms with van der Waals surface area (Å²) in [5.41, 5.74) is 2.08. The van der Waals surface area contributed by atoms with Crippen molar-refractivity contribution in [1.82, 2.24) is 10.1 Å². The quantitative estimate of drug-likeness (QED) is 0.571. The standard InChI is InChI=1S/C21H21ClN2O3/c1-3-12-24(21(25)18-6-4-5-7-19(18)22)14-16-13-20(27-23-16)15-8-10-17(26-2)11-9-15/h4-11,13H,3,12,14H2,1-2H3. The van der Waals surface area contributed by atoms with E-state index in [2.05, 4.69) is 5.16 Å². The van der Waals surface area contributed by atoms with Crippen LogP contribution >= 0.6 is 11.6 Å². The normalized spacial score (nSPS) is 10.6. The Labute approximate surface area is 163 Å². The molecule has 0 atom stereocenters. The fourth-order valence-electron chi connectivity index (χ4n) is 2.80. The van der Waals surface area contributed by atoms with Gasteiger partial charge in [-0.3, -0.25) is 4.79 Å². The number of hydrogen-bond acceptors (Lipinski definition) is 4. The predicted octanol–water partition coefficient (Wildman–Crippen LogP) is 5.06. The van der Waals surface area contributed by atoms with Crippen molar-refractivity contribution in [2.45, 2.75) is 19.9 Å². The van der Waals surface area contributed by atoms with E-state index in [1.807, 2.05) is 43.3 Å². The minimum atomic E-state index is -0.114. The van der Waals surface area contributed by atoms with E-state index in [0.717, 1.165) is 17.7 Å². The predicted molar refractivity (Wildman–Crippen MR) is 105 cm³/mol. The van der Waals surface area contributed by atoms with Crippen LogP contribution in [0.15, 0.2) is 59.1 Å². The van der Waals surface area contributed by atoms with Gasteiger partial charge in [-0.15, -0.1) is 0 Å². The Morgan fingerprint density at radius 2 is 1.93 bits per heavy atom. The van der Waals surface area contributed by atoms with Crippen molar-refractivity contribution in [2.24, 2.45) is 0 Å². The molecule has 3 rings (SSSR count). The van der Waals surface area contributed by atoms with Gasteiger partial charge in [-0.1, -0.05) is 35.8 Å². The molecule has 0 unspecified atom stereocenters. The molecule has 0 spiro atoms. The van der Waals surface area contributed by atoms with Gasteiger partial charge >= 0.3 is 0 Å². The Bertz CT molecular complexity index is 906. The molecule has 0 saturated heterocycles. The van der Waals surface area contributed by atoms with E-state index in [0.29, 0.717) is 35.1 Å². The maximum absolute atomic E-state index is 12.9. The lowest BCUT2D eigenvalue weighted by molar-refractivity contribution is 0.0740. The van der Waals surface area contributed by atoms with E-state index in [9.17, 15) is 4.79 Å². The first-order valence-electron chi connectivity index (χ1n) is 8.76. The van der Waals surface area contributed by atoms with Gasteiger partial charge in [-0.05, 0) is 42.8 Å². The first kappa shape index (κ1) is 19.0. The number of benzene rings is 2. The zero-order valence-electron chi connectivity index (χ0n) is 15.3. The number of methoxy groups -OCH3 is 1. The average molecular weight is 385 g/mol. The Morgan fingerprint density at radius 1 is 1.19 bits per heavy atom. The van der Waals surface area contributed by atoms with Gasteiger partial charge in [0, 0.05) is 18.2 Å². The summed E-state index contributed by atoms with van der Waals surface area (Å²) < 4.78 is 10.6. The Balaban J connectivity index is 1.78. The second kappa shape index (κ2) is 8.73. The zero-order valence-corrected chi connectivity index (χ0v) is 16.1. The van der Waals surface area contributed by atoms with E-state index in [1.165, 1.54) is 0 Å². The van der Waals surface area contributed by atoms with Crippen LogP contribution in [-0.4, -0.2) is 29.6 Å². The number of nitrogens with zero attached hydrogens (tertiary/aromatic N) is 2. The lowest BCUT2D eigenvalue weighted by atomic mass is 10.1. The zero-order chi connectivity index (χ0) is 19.2. The van der Waals surface area contributed by atoms with Crippen molar-refractivity contribution in [3.05, 3.63) is 70.9 Å². The van der Waals surface area contributed by atoms with Crippen molar-refractivity contribution in [2.75, 3.05) is 13.7 Å². The van der Waals surface area contributed by atoms with Gasteiger partial charge in [0.25, 0.3) is 5.91 Å². The van der Waals surface area contributed by atoms with Gasteiger partial charge in [0.15, 0.2) is 5.76 Å². The summed E-state index contributed by atoms with van der Waals surface area (Å²) in [4.78, 5) is 14.6. The second-order valence-electron chi connectivity index (χ2n) is 6.12. The van der Waals surface area contributed by atoms with E-state index < -0.39 is 0 Å². The van der Waals surface area contributed by atoms with Crippen LogP contribution in [0.1, 0.15) is 29.4 Å². The van der Waals surface area contributed by atoms with Gasteiger partial charge in [0.05, 0.1) is 24.2 Å². The lowest BCUT2D eigenvalue weighted by Gasteiger charge is -2.21. The third-order valence-electron chi connectivity index (χ3n) is 4.17. The Morgan fingerprint density at radius 3 is 2.59 bits per heavy atom. The number of carbonyl (C=O) groups excluding carboxylic acids is 1. The van der Waals surface area contributed by atoms with Crippen molar-refractivity contribution in [1.29, 1.82) is 0 Å². The van der Waals surface area contributed by atoms with Crippen molar-refractivity contribution < 1.29 is 14.1 Å². The number of amides is 1. The average Bonchev–Trinajstić information content (AvgIpc) is 3.16. The van der Waals surface area contributed by atoms with Crippen LogP contribution in [0.2, 0.25) is 5.02 Å². The van der Waals surface area contributed by atoms with E-state index in [1.54, 1.807) is 30.2 Å². The van der Waals surface area contributed by atoms with Crippen LogP contribution in [0, 0.1) is 0 Å². The largest absolute Gasteiger partial charge is 0.497 e. The molecule has 0 aliphatic rings. The molecule has 0 N–H and O–H groups in total. The molecule has 0 aliphatic carbocycles. The third-order valence-corrected chi connectivity index (χ3v) is 4.50. The first-order chi connectivity index (χ1) is 13.1. The number of rotatable bonds is 7. The lowest BCUT2D eigenvalue weighted by Crippen LogP contribution is -2.31. The number of hydrogen-bond donors (Lipinski definition) is 0. The van der Waals surface area contributed by atoms with Gasteiger partial charge in [0.2, 0.25) is 0 Å². The highest BCUT2D eigenvalue weighted by Crippen LogP contribution is 2.24. The molecular weight excluding hydrogens is 364 g/mol. The second-order valence-corrected chi connectivity index (χ2v) is 6.52. The highest BCUT2D eigenvalue weighted by Gasteiger charge is 2.19. The molecule has 1 heterocycles. The molecule has 0 saturated carbocycles. The Hall–Kier alpha value is -2.79. The molecule has 0 fully saturated rings. The molecule has 6 heteroatoms. The summed E-state index contributed by atoms with van der Waals surface area (Å²) in [5, 5.41) is 4.57. The summed E-state index contributed by atoms with van der Waals surface area (Å²) >= 11 is 6.18. The summed E-state index contributed by atoms with van der Waals surface area (Å²) in [6.07, 6.45) is 0.833. The molecule has 0 radical (unpaired) electrons. The number of ether oxygens (including phenoxy) is 1. The third kappa shape index (κ3) is 4.49. The minimum absolute atomic E-state index is 0.114. The fourth-order valence-corrected chi connectivity index (χ4v) is 3.02. The van der Waals surface area contributed by atoms with E-state index >= 15 is 0 Å². The summed E-state index contributed by atoms with van der Waals surface area (Å²) in [7, 11) is 1.62. The molecule has 140 valence electrons. The van der Waals surface area contributed by atoms with Crippen molar-refractivity contribution >= 4 is 17.5 Å².